The fraction of sp³-hybridized carbons (Fsp3) is 0.259. The van der Waals surface area contributed by atoms with Crippen LogP contribution in [0.15, 0.2) is 62.4 Å². The van der Waals surface area contributed by atoms with Crippen molar-refractivity contribution in [3.63, 3.8) is 0 Å². The third-order valence-corrected chi connectivity index (χ3v) is 7.13. The summed E-state index contributed by atoms with van der Waals surface area (Å²) in [6, 6.07) is 9.66. The van der Waals surface area contributed by atoms with E-state index in [-0.39, 0.29) is 11.1 Å². The van der Waals surface area contributed by atoms with Crippen molar-refractivity contribution in [3.8, 4) is 17.2 Å². The van der Waals surface area contributed by atoms with Crippen molar-refractivity contribution in [3.05, 3.63) is 83.5 Å². The van der Waals surface area contributed by atoms with Crippen molar-refractivity contribution in [2.75, 3.05) is 20.3 Å². The van der Waals surface area contributed by atoms with Crippen LogP contribution in [0.3, 0.4) is 0 Å². The summed E-state index contributed by atoms with van der Waals surface area (Å²) in [5.41, 5.74) is 1.25. The van der Waals surface area contributed by atoms with Crippen molar-refractivity contribution in [1.82, 2.24) is 4.57 Å². The Morgan fingerprint density at radius 1 is 1.08 bits per heavy atom. The van der Waals surface area contributed by atoms with E-state index in [0.29, 0.717) is 55.4 Å². The van der Waals surface area contributed by atoms with E-state index in [2.05, 4.69) is 20.9 Å². The van der Waals surface area contributed by atoms with Gasteiger partial charge in [-0.15, -0.1) is 0 Å². The van der Waals surface area contributed by atoms with E-state index in [1.54, 1.807) is 42.5 Å². The number of carbonyl (C=O) groups is 2. The van der Waals surface area contributed by atoms with Gasteiger partial charge >= 0.3 is 11.9 Å². The number of hydrogen-bond donors (Lipinski definition) is 0. The molecule has 38 heavy (non-hydrogen) atoms. The van der Waals surface area contributed by atoms with Gasteiger partial charge in [-0.2, -0.15) is 0 Å². The molecule has 0 N–H and O–H groups in total. The lowest BCUT2D eigenvalue weighted by Crippen LogP contribution is -2.39. The predicted octanol–water partition coefficient (Wildman–Crippen LogP) is 3.50. The highest BCUT2D eigenvalue weighted by Crippen LogP contribution is 2.35. The summed E-state index contributed by atoms with van der Waals surface area (Å²) >= 11 is 4.59. The van der Waals surface area contributed by atoms with E-state index < -0.39 is 18.0 Å². The summed E-state index contributed by atoms with van der Waals surface area (Å²) in [5.74, 6) is 0.420. The molecular formula is C27H25BrN2O7S. The molecule has 0 spiro atoms. The molecule has 9 nitrogen and oxygen atoms in total. The van der Waals surface area contributed by atoms with Gasteiger partial charge in [0.05, 0.1) is 40.9 Å². The molecule has 0 saturated carbocycles. The van der Waals surface area contributed by atoms with Crippen molar-refractivity contribution in [2.45, 2.75) is 26.8 Å². The number of benzene rings is 2. The van der Waals surface area contributed by atoms with Crippen molar-refractivity contribution in [2.24, 2.45) is 4.99 Å². The molecule has 2 aromatic carbocycles. The zero-order valence-corrected chi connectivity index (χ0v) is 23.6. The molecule has 0 radical (unpaired) electrons. The van der Waals surface area contributed by atoms with Crippen molar-refractivity contribution >= 4 is 45.3 Å². The maximum absolute atomic E-state index is 13.7. The summed E-state index contributed by atoms with van der Waals surface area (Å²) in [6.45, 7) is 5.93. The van der Waals surface area contributed by atoms with Crippen molar-refractivity contribution < 1.29 is 28.5 Å². The number of hydrogen-bond acceptors (Lipinski definition) is 9. The number of halogens is 1. The van der Waals surface area contributed by atoms with Crippen LogP contribution in [0.2, 0.25) is 0 Å². The number of thiazole rings is 1. The van der Waals surface area contributed by atoms with Gasteiger partial charge in [-0.1, -0.05) is 23.5 Å². The van der Waals surface area contributed by atoms with Gasteiger partial charge in [0.1, 0.15) is 5.75 Å². The highest BCUT2D eigenvalue weighted by atomic mass is 79.9. The summed E-state index contributed by atoms with van der Waals surface area (Å²) < 4.78 is 24.1. The lowest BCUT2D eigenvalue weighted by molar-refractivity contribution is -0.136. The first kappa shape index (κ1) is 27.3. The number of ether oxygens (including phenoxy) is 4. The zero-order valence-electron chi connectivity index (χ0n) is 21.1. The average molecular weight is 601 g/mol. The summed E-state index contributed by atoms with van der Waals surface area (Å²) in [4.78, 5) is 42.5. The van der Waals surface area contributed by atoms with Gasteiger partial charge in [0.2, 0.25) is 0 Å². The van der Waals surface area contributed by atoms with Crippen LogP contribution in [-0.2, 0) is 14.3 Å². The summed E-state index contributed by atoms with van der Waals surface area (Å²) in [6.07, 6.45) is 3.15. The molecule has 0 fully saturated rings. The zero-order chi connectivity index (χ0) is 27.4. The number of carbonyl (C=O) groups excluding carboxylic acids is 2. The molecule has 198 valence electrons. The largest absolute Gasteiger partial charge is 0.490 e. The number of fused-ring (bicyclic) bond motifs is 1. The minimum Gasteiger partial charge on any atom is -0.490 e. The number of esters is 2. The molecule has 0 saturated heterocycles. The number of rotatable bonds is 8. The molecule has 4 rings (SSSR count). The van der Waals surface area contributed by atoms with E-state index in [1.807, 2.05) is 13.8 Å². The standard InChI is InChI=1S/C27H25BrN2O7S/c1-5-35-21-10-8-17(13-22(21)36-6-2)24-18(26(33)34-4)14-29-27-30(24)25(32)23(38-27)12-16-7-9-20(19(28)11-16)37-15(3)31/h7-14,24H,5-6H2,1-4H3/b23-12+/t24-/m0/s1. The molecule has 0 aliphatic carbocycles. The van der Waals surface area contributed by atoms with Crippen LogP contribution in [0.25, 0.3) is 6.08 Å². The van der Waals surface area contributed by atoms with E-state index in [1.165, 1.54) is 36.1 Å². The summed E-state index contributed by atoms with van der Waals surface area (Å²) in [5, 5.41) is 0. The van der Waals surface area contributed by atoms with E-state index in [0.717, 1.165) is 0 Å². The topological polar surface area (TPSA) is 105 Å². The quantitative estimate of drug-likeness (QED) is 0.288. The van der Waals surface area contributed by atoms with Crippen LogP contribution in [0.4, 0.5) is 0 Å². The van der Waals surface area contributed by atoms with E-state index >= 15 is 0 Å². The van der Waals surface area contributed by atoms with Crippen LogP contribution in [-0.4, -0.2) is 36.8 Å². The van der Waals surface area contributed by atoms with Crippen LogP contribution in [0.1, 0.15) is 37.9 Å². The van der Waals surface area contributed by atoms with Gasteiger partial charge < -0.3 is 18.9 Å². The molecule has 1 aliphatic rings. The number of nitrogens with zero attached hydrogens (tertiary/aromatic N) is 2. The molecule has 0 bridgehead atoms. The first-order valence-electron chi connectivity index (χ1n) is 11.7. The Bertz CT molecular complexity index is 1610. The monoisotopic (exact) mass is 600 g/mol. The molecule has 3 aromatic rings. The third-order valence-electron chi connectivity index (χ3n) is 5.52. The first-order valence-corrected chi connectivity index (χ1v) is 13.3. The molecule has 1 aromatic heterocycles. The Hall–Kier alpha value is -3.70. The van der Waals surface area contributed by atoms with Gasteiger partial charge in [0, 0.05) is 13.1 Å². The molecule has 1 atom stereocenters. The SMILES string of the molecule is CCOc1ccc([C@H]2C(C(=O)OC)=CN=c3s/c(=C/c4ccc(OC(C)=O)c(Br)c4)c(=O)n32)cc1OCC. The fourth-order valence-corrected chi connectivity index (χ4v) is 5.43. The van der Waals surface area contributed by atoms with Gasteiger partial charge in [0.25, 0.3) is 5.56 Å². The second kappa shape index (κ2) is 11.8. The Morgan fingerprint density at radius 3 is 2.45 bits per heavy atom. The van der Waals surface area contributed by atoms with Crippen molar-refractivity contribution in [1.29, 1.82) is 0 Å². The maximum atomic E-state index is 13.7. The molecular weight excluding hydrogens is 576 g/mol. The van der Waals surface area contributed by atoms with Gasteiger partial charge in [-0.25, -0.2) is 9.79 Å². The normalized spacial score (nSPS) is 14.7. The minimum absolute atomic E-state index is 0.214. The smallest absolute Gasteiger partial charge is 0.337 e. The highest BCUT2D eigenvalue weighted by molar-refractivity contribution is 9.10. The van der Waals surface area contributed by atoms with Crippen LogP contribution < -0.4 is 29.1 Å². The molecule has 11 heteroatoms. The Labute approximate surface area is 230 Å². The maximum Gasteiger partial charge on any atom is 0.337 e. The van der Waals surface area contributed by atoms with E-state index in [4.69, 9.17) is 18.9 Å². The third kappa shape index (κ3) is 5.58. The number of methoxy groups -OCH3 is 1. The lowest BCUT2D eigenvalue weighted by Gasteiger charge is -2.23. The first-order chi connectivity index (χ1) is 18.3. The second-order valence-corrected chi connectivity index (χ2v) is 9.90. The molecule has 0 unspecified atom stereocenters. The number of aromatic nitrogens is 1. The minimum atomic E-state index is -0.784. The lowest BCUT2D eigenvalue weighted by atomic mass is 9.97. The molecule has 1 aliphatic heterocycles. The Balaban J connectivity index is 1.85. The van der Waals surface area contributed by atoms with Crippen LogP contribution >= 0.6 is 27.3 Å². The van der Waals surface area contributed by atoms with E-state index in [9.17, 15) is 14.4 Å². The van der Waals surface area contributed by atoms with Gasteiger partial charge in [0.15, 0.2) is 16.3 Å². The average Bonchev–Trinajstić information content (AvgIpc) is 3.20. The van der Waals surface area contributed by atoms with Crippen LogP contribution in [0, 0.1) is 0 Å². The second-order valence-electron chi connectivity index (χ2n) is 8.03. The summed E-state index contributed by atoms with van der Waals surface area (Å²) in [7, 11) is 1.28. The predicted molar refractivity (Wildman–Crippen MR) is 145 cm³/mol. The van der Waals surface area contributed by atoms with Crippen LogP contribution in [0.5, 0.6) is 17.2 Å². The highest BCUT2D eigenvalue weighted by Gasteiger charge is 2.31. The Kier molecular flexibility index (Phi) is 8.48. The molecule has 2 heterocycles. The Morgan fingerprint density at radius 2 is 1.79 bits per heavy atom. The fourth-order valence-electron chi connectivity index (χ4n) is 3.98. The van der Waals surface area contributed by atoms with Gasteiger partial charge in [-0.3, -0.25) is 14.2 Å². The van der Waals surface area contributed by atoms with Gasteiger partial charge in [-0.05, 0) is 71.2 Å². The molecule has 0 amide bonds.